The van der Waals surface area contributed by atoms with Crippen molar-refractivity contribution in [1.29, 1.82) is 0 Å². The van der Waals surface area contributed by atoms with Gasteiger partial charge < -0.3 is 15.0 Å². The molecule has 0 fully saturated rings. The van der Waals surface area contributed by atoms with E-state index in [2.05, 4.69) is 38.0 Å². The van der Waals surface area contributed by atoms with Crippen molar-refractivity contribution in [3.05, 3.63) is 0 Å². The molecule has 0 saturated heterocycles. The Kier molecular flexibility index (Phi) is 7.23. The summed E-state index contributed by atoms with van der Waals surface area (Å²) in [5.41, 5.74) is 0. The lowest BCUT2D eigenvalue weighted by Crippen LogP contribution is -2.36. The Labute approximate surface area is 82.4 Å². The average Bonchev–Trinajstić information content (AvgIpc) is 2.11. The zero-order valence-electron chi connectivity index (χ0n) is 9.63. The maximum absolute atomic E-state index is 5.13. The van der Waals surface area contributed by atoms with Crippen LogP contribution in [0, 0.1) is 0 Å². The van der Waals surface area contributed by atoms with Crippen molar-refractivity contribution in [3.63, 3.8) is 0 Å². The Morgan fingerprint density at radius 1 is 1.31 bits per heavy atom. The third-order valence-electron chi connectivity index (χ3n) is 2.36. The van der Waals surface area contributed by atoms with Crippen LogP contribution in [0.5, 0.6) is 0 Å². The van der Waals surface area contributed by atoms with Crippen molar-refractivity contribution in [2.24, 2.45) is 0 Å². The van der Waals surface area contributed by atoms with E-state index in [0.29, 0.717) is 12.1 Å². The largest absolute Gasteiger partial charge is 0.380 e. The number of likely N-dealkylation sites (N-methyl/N-ethyl adjacent to an activating group) is 1. The molecule has 1 unspecified atom stereocenters. The van der Waals surface area contributed by atoms with Gasteiger partial charge >= 0.3 is 0 Å². The maximum atomic E-state index is 5.13. The highest BCUT2D eigenvalue weighted by Gasteiger charge is 2.02. The van der Waals surface area contributed by atoms with Crippen molar-refractivity contribution in [1.82, 2.24) is 10.2 Å². The van der Waals surface area contributed by atoms with Crippen LogP contribution >= 0.6 is 0 Å². The Balaban J connectivity index is 3.25. The molecule has 0 saturated carbocycles. The van der Waals surface area contributed by atoms with Crippen molar-refractivity contribution < 1.29 is 4.74 Å². The quantitative estimate of drug-likeness (QED) is 0.602. The predicted octanol–water partition coefficient (Wildman–Crippen LogP) is 0.951. The van der Waals surface area contributed by atoms with E-state index in [1.807, 2.05) is 0 Å². The van der Waals surface area contributed by atoms with E-state index in [9.17, 15) is 0 Å². The van der Waals surface area contributed by atoms with Gasteiger partial charge in [-0.3, -0.25) is 0 Å². The second-order valence-corrected chi connectivity index (χ2v) is 3.82. The van der Waals surface area contributed by atoms with Crippen LogP contribution in [0.25, 0.3) is 0 Å². The molecule has 0 bridgehead atoms. The number of methoxy groups -OCH3 is 1. The summed E-state index contributed by atoms with van der Waals surface area (Å²) in [5.74, 6) is 0. The molecule has 0 aliphatic heterocycles. The normalized spacial score (nSPS) is 14.1. The van der Waals surface area contributed by atoms with Gasteiger partial charge in [0.1, 0.15) is 0 Å². The number of nitrogens with one attached hydrogen (secondary N) is 1. The minimum Gasteiger partial charge on any atom is -0.380 e. The molecule has 0 spiro atoms. The smallest absolute Gasteiger partial charge is 0.0667 e. The molecule has 0 heterocycles. The van der Waals surface area contributed by atoms with Gasteiger partial charge in [0, 0.05) is 32.8 Å². The molecule has 0 aromatic carbocycles. The average molecular weight is 188 g/mol. The van der Waals surface area contributed by atoms with E-state index in [0.717, 1.165) is 19.6 Å². The van der Waals surface area contributed by atoms with E-state index < -0.39 is 0 Å². The molecule has 0 aliphatic rings. The second-order valence-electron chi connectivity index (χ2n) is 3.82. The van der Waals surface area contributed by atoms with Gasteiger partial charge in [-0.25, -0.2) is 0 Å². The highest BCUT2D eigenvalue weighted by Crippen LogP contribution is 1.91. The van der Waals surface area contributed by atoms with Crippen LogP contribution in [-0.4, -0.2) is 50.8 Å². The summed E-state index contributed by atoms with van der Waals surface area (Å²) in [7, 11) is 3.89. The summed E-state index contributed by atoms with van der Waals surface area (Å²) >= 11 is 0. The monoisotopic (exact) mass is 188 g/mol. The third kappa shape index (κ3) is 6.99. The van der Waals surface area contributed by atoms with E-state index in [4.69, 9.17) is 4.74 Å². The van der Waals surface area contributed by atoms with Gasteiger partial charge in [0.2, 0.25) is 0 Å². The van der Waals surface area contributed by atoms with Gasteiger partial charge in [0.05, 0.1) is 6.10 Å². The van der Waals surface area contributed by atoms with Crippen LogP contribution in [0.2, 0.25) is 0 Å². The molecule has 3 heteroatoms. The molecule has 13 heavy (non-hydrogen) atoms. The Morgan fingerprint density at radius 2 is 1.92 bits per heavy atom. The SMILES string of the molecule is COC(C)CNCCN(C)C(C)C. The zero-order valence-corrected chi connectivity index (χ0v) is 9.63. The molecule has 3 nitrogen and oxygen atoms in total. The van der Waals surface area contributed by atoms with Gasteiger partial charge in [-0.1, -0.05) is 0 Å². The van der Waals surface area contributed by atoms with Gasteiger partial charge in [-0.2, -0.15) is 0 Å². The first kappa shape index (κ1) is 12.9. The molecule has 80 valence electrons. The van der Waals surface area contributed by atoms with Crippen LogP contribution in [0.4, 0.5) is 0 Å². The molecule has 0 rings (SSSR count). The number of rotatable bonds is 7. The van der Waals surface area contributed by atoms with Crippen LogP contribution in [-0.2, 0) is 4.74 Å². The zero-order chi connectivity index (χ0) is 10.3. The van der Waals surface area contributed by atoms with Crippen molar-refractivity contribution in [2.45, 2.75) is 32.9 Å². The fourth-order valence-electron chi connectivity index (χ4n) is 0.902. The van der Waals surface area contributed by atoms with Crippen LogP contribution in [0.1, 0.15) is 20.8 Å². The van der Waals surface area contributed by atoms with Crippen molar-refractivity contribution in [2.75, 3.05) is 33.8 Å². The lowest BCUT2D eigenvalue weighted by atomic mass is 10.3. The Morgan fingerprint density at radius 3 is 2.38 bits per heavy atom. The second kappa shape index (κ2) is 7.30. The fraction of sp³-hybridized carbons (Fsp3) is 1.00. The molecule has 0 aliphatic carbocycles. The van der Waals surface area contributed by atoms with E-state index >= 15 is 0 Å². The number of ether oxygens (including phenoxy) is 1. The molecule has 1 atom stereocenters. The summed E-state index contributed by atoms with van der Waals surface area (Å²) in [6.45, 7) is 9.54. The minimum absolute atomic E-state index is 0.310. The molecule has 1 N–H and O–H groups in total. The maximum Gasteiger partial charge on any atom is 0.0667 e. The van der Waals surface area contributed by atoms with Gasteiger partial charge in [0.25, 0.3) is 0 Å². The lowest BCUT2D eigenvalue weighted by Gasteiger charge is -2.21. The first-order chi connectivity index (χ1) is 6.07. The summed E-state index contributed by atoms with van der Waals surface area (Å²) in [6.07, 6.45) is 0.310. The summed E-state index contributed by atoms with van der Waals surface area (Å²) in [4.78, 5) is 2.32. The molecule has 0 radical (unpaired) electrons. The highest BCUT2D eigenvalue weighted by atomic mass is 16.5. The summed E-state index contributed by atoms with van der Waals surface area (Å²) in [5, 5.41) is 3.36. The summed E-state index contributed by atoms with van der Waals surface area (Å²) in [6, 6.07) is 0.627. The third-order valence-corrected chi connectivity index (χ3v) is 2.36. The minimum atomic E-state index is 0.310. The van der Waals surface area contributed by atoms with Gasteiger partial charge in [0.15, 0.2) is 0 Å². The van der Waals surface area contributed by atoms with E-state index in [-0.39, 0.29) is 0 Å². The van der Waals surface area contributed by atoms with Crippen molar-refractivity contribution >= 4 is 0 Å². The van der Waals surface area contributed by atoms with Gasteiger partial charge in [-0.15, -0.1) is 0 Å². The molecular formula is C10H24N2O. The van der Waals surface area contributed by atoms with Crippen LogP contribution in [0.3, 0.4) is 0 Å². The number of nitrogens with zero attached hydrogens (tertiary/aromatic N) is 1. The van der Waals surface area contributed by atoms with Crippen molar-refractivity contribution in [3.8, 4) is 0 Å². The number of hydrogen-bond donors (Lipinski definition) is 1. The van der Waals surface area contributed by atoms with E-state index in [1.165, 1.54) is 0 Å². The lowest BCUT2D eigenvalue weighted by molar-refractivity contribution is 0.116. The van der Waals surface area contributed by atoms with E-state index in [1.54, 1.807) is 7.11 Å². The van der Waals surface area contributed by atoms with Crippen LogP contribution < -0.4 is 5.32 Å². The molecular weight excluding hydrogens is 164 g/mol. The molecule has 0 aromatic heterocycles. The Hall–Kier alpha value is -0.120. The highest BCUT2D eigenvalue weighted by molar-refractivity contribution is 4.60. The number of hydrogen-bond acceptors (Lipinski definition) is 3. The van der Waals surface area contributed by atoms with Crippen LogP contribution in [0.15, 0.2) is 0 Å². The molecule has 0 amide bonds. The predicted molar refractivity (Wildman–Crippen MR) is 57.1 cm³/mol. The first-order valence-electron chi connectivity index (χ1n) is 5.01. The standard InChI is InChI=1S/C10H24N2O/c1-9(2)12(4)7-6-11-8-10(3)13-5/h9-11H,6-8H2,1-5H3. The summed E-state index contributed by atoms with van der Waals surface area (Å²) < 4.78 is 5.13. The molecule has 0 aromatic rings. The Bertz CT molecular complexity index is 117. The first-order valence-corrected chi connectivity index (χ1v) is 5.01. The van der Waals surface area contributed by atoms with Gasteiger partial charge in [-0.05, 0) is 27.8 Å². The fourth-order valence-corrected chi connectivity index (χ4v) is 0.902. The topological polar surface area (TPSA) is 24.5 Å².